The molecule has 21 heavy (non-hydrogen) atoms. The zero-order valence-corrected chi connectivity index (χ0v) is 12.2. The Labute approximate surface area is 126 Å². The van der Waals surface area contributed by atoms with Gasteiger partial charge in [0.1, 0.15) is 19.0 Å². The summed E-state index contributed by atoms with van der Waals surface area (Å²) in [4.78, 5) is 0. The summed E-state index contributed by atoms with van der Waals surface area (Å²) in [7, 11) is 0. The maximum absolute atomic E-state index is 8.62. The number of rotatable bonds is 6. The molecule has 1 saturated heterocycles. The average Bonchev–Trinajstić information content (AvgIpc) is 2.55. The van der Waals surface area contributed by atoms with Gasteiger partial charge in [0.2, 0.25) is 0 Å². The first-order chi connectivity index (χ1) is 10.4. The number of benzene rings is 1. The molecule has 4 nitrogen and oxygen atoms in total. The van der Waals surface area contributed by atoms with Crippen molar-refractivity contribution >= 4 is 0 Å². The van der Waals surface area contributed by atoms with Gasteiger partial charge in [-0.05, 0) is 43.5 Å². The molecule has 0 spiro atoms. The van der Waals surface area contributed by atoms with Gasteiger partial charge in [-0.3, -0.25) is 0 Å². The van der Waals surface area contributed by atoms with Gasteiger partial charge in [0.15, 0.2) is 0 Å². The van der Waals surface area contributed by atoms with Gasteiger partial charge in [-0.15, -0.1) is 0 Å². The van der Waals surface area contributed by atoms with Gasteiger partial charge in [-0.2, -0.15) is 0 Å². The third-order valence-corrected chi connectivity index (χ3v) is 3.24. The molecule has 1 aliphatic rings. The van der Waals surface area contributed by atoms with Crippen molar-refractivity contribution in [2.45, 2.75) is 25.4 Å². The molecule has 1 aliphatic heterocycles. The van der Waals surface area contributed by atoms with Crippen molar-refractivity contribution in [3.05, 3.63) is 29.8 Å². The van der Waals surface area contributed by atoms with Crippen LogP contribution in [0.3, 0.4) is 0 Å². The molecule has 0 saturated carbocycles. The highest BCUT2D eigenvalue weighted by Gasteiger charge is 2.13. The fourth-order valence-corrected chi connectivity index (χ4v) is 2.15. The Balaban J connectivity index is 1.59. The predicted molar refractivity (Wildman–Crippen MR) is 80.3 cm³/mol. The third-order valence-electron chi connectivity index (χ3n) is 3.24. The first-order valence-electron chi connectivity index (χ1n) is 7.40. The normalized spacial score (nSPS) is 17.9. The minimum atomic E-state index is -0.125. The van der Waals surface area contributed by atoms with Crippen LogP contribution in [0.5, 0.6) is 5.75 Å². The standard InChI is InChI=1S/C17H22O4/c18-10-3-4-15-6-8-16(9-7-15)21-13-12-19-14-17-5-1-2-11-20-17/h6-9,17-18H,1-2,5,10-14H2. The summed E-state index contributed by atoms with van der Waals surface area (Å²) in [5, 5.41) is 8.62. The van der Waals surface area contributed by atoms with Gasteiger partial charge < -0.3 is 19.3 Å². The molecule has 4 heteroatoms. The highest BCUT2D eigenvalue weighted by molar-refractivity contribution is 5.38. The Hall–Kier alpha value is -1.54. The molecule has 1 aromatic carbocycles. The van der Waals surface area contributed by atoms with Crippen molar-refractivity contribution in [2.24, 2.45) is 0 Å². The lowest BCUT2D eigenvalue weighted by Gasteiger charge is -2.22. The summed E-state index contributed by atoms with van der Waals surface area (Å²) in [6, 6.07) is 7.47. The summed E-state index contributed by atoms with van der Waals surface area (Å²) in [5.41, 5.74) is 0.863. The van der Waals surface area contributed by atoms with Crippen molar-refractivity contribution in [3.8, 4) is 17.6 Å². The Morgan fingerprint density at radius 2 is 2.05 bits per heavy atom. The van der Waals surface area contributed by atoms with E-state index in [0.717, 1.165) is 30.8 Å². The smallest absolute Gasteiger partial charge is 0.119 e. The monoisotopic (exact) mass is 290 g/mol. The average molecular weight is 290 g/mol. The summed E-state index contributed by atoms with van der Waals surface area (Å²) < 4.78 is 16.8. The van der Waals surface area contributed by atoms with E-state index in [2.05, 4.69) is 11.8 Å². The number of aliphatic hydroxyl groups excluding tert-OH is 1. The van der Waals surface area contributed by atoms with Crippen LogP contribution in [0, 0.1) is 11.8 Å². The Morgan fingerprint density at radius 1 is 1.19 bits per heavy atom. The number of aliphatic hydroxyl groups is 1. The first kappa shape index (κ1) is 15.8. The van der Waals surface area contributed by atoms with E-state index < -0.39 is 0 Å². The summed E-state index contributed by atoms with van der Waals surface area (Å²) in [6.07, 6.45) is 3.74. The minimum Gasteiger partial charge on any atom is -0.491 e. The molecule has 0 radical (unpaired) electrons. The van der Waals surface area contributed by atoms with Gasteiger partial charge in [-0.1, -0.05) is 11.8 Å². The highest BCUT2D eigenvalue weighted by Crippen LogP contribution is 2.13. The van der Waals surface area contributed by atoms with E-state index in [9.17, 15) is 0 Å². The molecule has 0 aliphatic carbocycles. The third kappa shape index (κ3) is 6.17. The van der Waals surface area contributed by atoms with Crippen molar-refractivity contribution < 1.29 is 19.3 Å². The summed E-state index contributed by atoms with van der Waals surface area (Å²) in [5.74, 6) is 6.24. The number of hydrogen-bond acceptors (Lipinski definition) is 4. The molecule has 1 N–H and O–H groups in total. The van der Waals surface area contributed by atoms with E-state index in [1.165, 1.54) is 6.42 Å². The molecule has 0 bridgehead atoms. The topological polar surface area (TPSA) is 47.9 Å². The van der Waals surface area contributed by atoms with E-state index >= 15 is 0 Å². The van der Waals surface area contributed by atoms with Crippen LogP contribution in [-0.2, 0) is 9.47 Å². The van der Waals surface area contributed by atoms with E-state index in [1.54, 1.807) is 0 Å². The molecule has 1 unspecified atom stereocenters. The van der Waals surface area contributed by atoms with Crippen molar-refractivity contribution in [1.29, 1.82) is 0 Å². The molecular weight excluding hydrogens is 268 g/mol. The van der Waals surface area contributed by atoms with Gasteiger partial charge in [-0.25, -0.2) is 0 Å². The Morgan fingerprint density at radius 3 is 2.76 bits per heavy atom. The Kier molecular flexibility index (Phi) is 7.10. The quantitative estimate of drug-likeness (QED) is 0.643. The molecule has 1 atom stereocenters. The SMILES string of the molecule is OCC#Cc1ccc(OCCOCC2CCCCO2)cc1. The van der Waals surface area contributed by atoms with Crippen LogP contribution in [-0.4, -0.2) is 44.2 Å². The summed E-state index contributed by atoms with van der Waals surface area (Å²) in [6.45, 7) is 2.47. The van der Waals surface area contributed by atoms with Crippen LogP contribution in [0.15, 0.2) is 24.3 Å². The van der Waals surface area contributed by atoms with Gasteiger partial charge in [0.05, 0.1) is 19.3 Å². The lowest BCUT2D eigenvalue weighted by atomic mass is 10.1. The molecule has 0 aromatic heterocycles. The molecule has 1 fully saturated rings. The van der Waals surface area contributed by atoms with Crippen molar-refractivity contribution in [1.82, 2.24) is 0 Å². The van der Waals surface area contributed by atoms with Crippen molar-refractivity contribution in [3.63, 3.8) is 0 Å². The molecule has 0 amide bonds. The maximum Gasteiger partial charge on any atom is 0.119 e. The second-order valence-corrected chi connectivity index (χ2v) is 4.90. The van der Waals surface area contributed by atoms with Gasteiger partial charge in [0, 0.05) is 12.2 Å². The first-order valence-corrected chi connectivity index (χ1v) is 7.40. The van der Waals surface area contributed by atoms with Crippen molar-refractivity contribution in [2.75, 3.05) is 33.0 Å². The molecule has 114 valence electrons. The van der Waals surface area contributed by atoms with E-state index in [4.69, 9.17) is 19.3 Å². The fourth-order valence-electron chi connectivity index (χ4n) is 2.15. The van der Waals surface area contributed by atoms with E-state index in [1.807, 2.05) is 24.3 Å². The largest absolute Gasteiger partial charge is 0.491 e. The highest BCUT2D eigenvalue weighted by atomic mass is 16.5. The number of ether oxygens (including phenoxy) is 3. The van der Waals surface area contributed by atoms with Crippen LogP contribution in [0.2, 0.25) is 0 Å². The van der Waals surface area contributed by atoms with Crippen LogP contribution in [0.1, 0.15) is 24.8 Å². The van der Waals surface area contributed by atoms with Crippen LogP contribution in [0.25, 0.3) is 0 Å². The number of hydrogen-bond donors (Lipinski definition) is 1. The lowest BCUT2D eigenvalue weighted by molar-refractivity contribution is -0.0444. The van der Waals surface area contributed by atoms with Gasteiger partial charge >= 0.3 is 0 Å². The van der Waals surface area contributed by atoms with E-state index in [-0.39, 0.29) is 12.7 Å². The Bertz CT molecular complexity index is 452. The van der Waals surface area contributed by atoms with Crippen LogP contribution in [0.4, 0.5) is 0 Å². The lowest BCUT2D eigenvalue weighted by Crippen LogP contribution is -2.25. The fraction of sp³-hybridized carbons (Fsp3) is 0.529. The molecule has 1 aromatic rings. The summed E-state index contributed by atoms with van der Waals surface area (Å²) >= 11 is 0. The van der Waals surface area contributed by atoms with Gasteiger partial charge in [0.25, 0.3) is 0 Å². The predicted octanol–water partition coefficient (Wildman–Crippen LogP) is 1.99. The molecule has 1 heterocycles. The zero-order valence-electron chi connectivity index (χ0n) is 12.2. The molecule has 2 rings (SSSR count). The minimum absolute atomic E-state index is 0.125. The van der Waals surface area contributed by atoms with E-state index in [0.29, 0.717) is 19.8 Å². The van der Waals surface area contributed by atoms with Crippen LogP contribution < -0.4 is 4.74 Å². The van der Waals surface area contributed by atoms with Crippen LogP contribution >= 0.6 is 0 Å². The second-order valence-electron chi connectivity index (χ2n) is 4.90. The zero-order chi connectivity index (χ0) is 14.8. The second kappa shape index (κ2) is 9.41. The maximum atomic E-state index is 8.62. The molecular formula is C17H22O4.